The van der Waals surface area contributed by atoms with Crippen molar-refractivity contribution in [3.8, 4) is 34.1 Å². The van der Waals surface area contributed by atoms with Crippen LogP contribution in [-0.2, 0) is 0 Å². The molecule has 0 fully saturated rings. The van der Waals surface area contributed by atoms with Gasteiger partial charge in [-0.2, -0.15) is 0 Å². The van der Waals surface area contributed by atoms with Gasteiger partial charge in [0.2, 0.25) is 11.3 Å². The molecule has 0 aliphatic carbocycles. The molecule has 0 radical (unpaired) electrons. The molecule has 3 aromatic rings. The van der Waals surface area contributed by atoms with Crippen LogP contribution in [0.25, 0.3) is 11.1 Å². The lowest BCUT2D eigenvalue weighted by Gasteiger charge is -2.27. The molecule has 3 aromatic carbocycles. The minimum atomic E-state index is -1.55. The maximum atomic E-state index is 13.5. The summed E-state index contributed by atoms with van der Waals surface area (Å²) in [6, 6.07) is 19.0. The van der Waals surface area contributed by atoms with Gasteiger partial charge in [-0.25, -0.2) is 0 Å². The molecule has 1 aliphatic heterocycles. The Hall–Kier alpha value is -3.04. The maximum Gasteiger partial charge on any atom is 0.229 e. The highest BCUT2D eigenvalue weighted by Gasteiger charge is 2.33. The van der Waals surface area contributed by atoms with E-state index in [1.807, 2.05) is 48.5 Å². The van der Waals surface area contributed by atoms with Gasteiger partial charge in [-0.1, -0.05) is 42.5 Å². The van der Waals surface area contributed by atoms with Gasteiger partial charge in [0, 0.05) is 16.4 Å². The van der Waals surface area contributed by atoms with Crippen molar-refractivity contribution in [3.63, 3.8) is 0 Å². The molecule has 0 saturated carbocycles. The van der Waals surface area contributed by atoms with Crippen LogP contribution in [0.2, 0.25) is 0 Å². The van der Waals surface area contributed by atoms with Gasteiger partial charge >= 0.3 is 0 Å². The molecule has 142 valence electrons. The SMILES string of the molecule is COc1cc(C(=O)P2Oc3ccccc3-c3ccccc32)cc(OC)c1OC. The molecule has 1 unspecified atom stereocenters. The number of methoxy groups -OCH3 is 3. The number of hydrogen-bond acceptors (Lipinski definition) is 5. The normalized spacial score (nSPS) is 14.3. The fraction of sp³-hybridized carbons (Fsp3) is 0.136. The van der Waals surface area contributed by atoms with E-state index in [0.29, 0.717) is 28.6 Å². The van der Waals surface area contributed by atoms with Crippen LogP contribution in [0.4, 0.5) is 0 Å². The van der Waals surface area contributed by atoms with E-state index in [2.05, 4.69) is 0 Å². The summed E-state index contributed by atoms with van der Waals surface area (Å²) in [6.07, 6.45) is 0. The van der Waals surface area contributed by atoms with E-state index in [4.69, 9.17) is 18.7 Å². The summed E-state index contributed by atoms with van der Waals surface area (Å²) in [5.41, 5.74) is 2.36. The fourth-order valence-corrected chi connectivity index (χ4v) is 5.02. The smallest absolute Gasteiger partial charge is 0.229 e. The number of para-hydroxylation sites is 1. The Morgan fingerprint density at radius 2 is 1.43 bits per heavy atom. The molecule has 6 heteroatoms. The Labute approximate surface area is 164 Å². The van der Waals surface area contributed by atoms with Crippen LogP contribution in [0.1, 0.15) is 10.4 Å². The van der Waals surface area contributed by atoms with Crippen molar-refractivity contribution in [1.29, 1.82) is 0 Å². The predicted molar refractivity (Wildman–Crippen MR) is 109 cm³/mol. The van der Waals surface area contributed by atoms with Crippen molar-refractivity contribution in [1.82, 2.24) is 0 Å². The first-order valence-corrected chi connectivity index (χ1v) is 9.94. The first-order valence-electron chi connectivity index (χ1n) is 8.68. The zero-order valence-corrected chi connectivity index (χ0v) is 16.7. The van der Waals surface area contributed by atoms with Gasteiger partial charge in [-0.05, 0) is 23.8 Å². The Balaban J connectivity index is 1.81. The quantitative estimate of drug-likeness (QED) is 0.591. The minimum Gasteiger partial charge on any atom is -0.493 e. The molecule has 0 spiro atoms. The topological polar surface area (TPSA) is 54.0 Å². The highest BCUT2D eigenvalue weighted by molar-refractivity contribution is 7.78. The van der Waals surface area contributed by atoms with E-state index >= 15 is 0 Å². The van der Waals surface area contributed by atoms with Gasteiger partial charge in [-0.3, -0.25) is 4.79 Å². The second-order valence-electron chi connectivity index (χ2n) is 6.12. The molecule has 28 heavy (non-hydrogen) atoms. The summed E-state index contributed by atoms with van der Waals surface area (Å²) in [6.45, 7) is 0. The number of carbonyl (C=O) groups excluding carboxylic acids is 1. The Bertz CT molecular complexity index is 1020. The number of fused-ring (bicyclic) bond motifs is 3. The van der Waals surface area contributed by atoms with Crippen LogP contribution in [0.5, 0.6) is 23.0 Å². The third-order valence-electron chi connectivity index (χ3n) is 4.59. The van der Waals surface area contributed by atoms with Crippen LogP contribution >= 0.6 is 8.15 Å². The molecule has 0 aromatic heterocycles. The molecule has 0 saturated heterocycles. The summed E-state index contributed by atoms with van der Waals surface area (Å²) < 4.78 is 22.3. The molecule has 0 N–H and O–H groups in total. The lowest BCUT2D eigenvalue weighted by atomic mass is 10.0. The average molecular weight is 394 g/mol. The Morgan fingerprint density at radius 3 is 2.07 bits per heavy atom. The molecular formula is C22H19O5P. The van der Waals surface area contributed by atoms with Gasteiger partial charge in [0.15, 0.2) is 19.6 Å². The van der Waals surface area contributed by atoms with Crippen molar-refractivity contribution in [2.24, 2.45) is 0 Å². The molecule has 1 heterocycles. The monoisotopic (exact) mass is 394 g/mol. The molecular weight excluding hydrogens is 375 g/mol. The second kappa shape index (κ2) is 7.53. The first-order chi connectivity index (χ1) is 13.7. The second-order valence-corrected chi connectivity index (χ2v) is 7.78. The summed E-state index contributed by atoms with van der Waals surface area (Å²) in [4.78, 5) is 13.5. The van der Waals surface area contributed by atoms with E-state index in [-0.39, 0.29) is 5.52 Å². The number of hydrogen-bond donors (Lipinski definition) is 0. The van der Waals surface area contributed by atoms with Crippen molar-refractivity contribution in [3.05, 3.63) is 66.2 Å². The van der Waals surface area contributed by atoms with Gasteiger partial charge in [0.05, 0.1) is 21.3 Å². The zero-order chi connectivity index (χ0) is 19.7. The number of benzene rings is 3. The summed E-state index contributed by atoms with van der Waals surface area (Å²) in [7, 11) is 3.03. The Kier molecular flexibility index (Phi) is 4.93. The lowest BCUT2D eigenvalue weighted by molar-refractivity contribution is 0.107. The van der Waals surface area contributed by atoms with E-state index in [0.717, 1.165) is 16.4 Å². The van der Waals surface area contributed by atoms with Crippen molar-refractivity contribution >= 4 is 19.0 Å². The summed E-state index contributed by atoms with van der Waals surface area (Å²) in [5, 5.41) is 0.898. The molecule has 1 aliphatic rings. The van der Waals surface area contributed by atoms with Crippen LogP contribution in [0.3, 0.4) is 0 Å². The highest BCUT2D eigenvalue weighted by atomic mass is 31.1. The standard InChI is InChI=1S/C22H19O5P/c1-24-18-12-14(13-19(25-2)21(18)26-3)22(23)28-20-11-7-5-9-16(20)15-8-4-6-10-17(15)27-28/h4-13H,1-3H3. The number of ether oxygens (including phenoxy) is 3. The number of carbonyl (C=O) groups is 1. The highest BCUT2D eigenvalue weighted by Crippen LogP contribution is 2.51. The zero-order valence-electron chi connectivity index (χ0n) is 15.8. The van der Waals surface area contributed by atoms with E-state index in [1.54, 1.807) is 12.1 Å². The molecule has 1 atom stereocenters. The van der Waals surface area contributed by atoms with Crippen molar-refractivity contribution < 1.29 is 23.5 Å². The average Bonchev–Trinajstić information content (AvgIpc) is 2.76. The van der Waals surface area contributed by atoms with Crippen LogP contribution < -0.4 is 24.0 Å². The maximum absolute atomic E-state index is 13.5. The molecule has 4 rings (SSSR count). The van der Waals surface area contributed by atoms with E-state index in [1.165, 1.54) is 21.3 Å². The largest absolute Gasteiger partial charge is 0.493 e. The third kappa shape index (κ3) is 2.98. The van der Waals surface area contributed by atoms with Gasteiger partial charge in [-0.15, -0.1) is 0 Å². The van der Waals surface area contributed by atoms with Crippen molar-refractivity contribution in [2.75, 3.05) is 21.3 Å². The predicted octanol–water partition coefficient (Wildman–Crippen LogP) is 4.63. The van der Waals surface area contributed by atoms with E-state index in [9.17, 15) is 4.79 Å². The Morgan fingerprint density at radius 1 is 0.821 bits per heavy atom. The van der Waals surface area contributed by atoms with Gasteiger partial charge in [0.25, 0.3) is 0 Å². The summed E-state index contributed by atoms with van der Waals surface area (Å²) >= 11 is 0. The molecule has 0 bridgehead atoms. The first kappa shape index (κ1) is 18.3. The summed E-state index contributed by atoms with van der Waals surface area (Å²) in [5.74, 6) is 2.04. The third-order valence-corrected chi connectivity index (χ3v) is 6.42. The lowest BCUT2D eigenvalue weighted by Crippen LogP contribution is -2.19. The minimum absolute atomic E-state index is 0.115. The number of rotatable bonds is 5. The molecule has 0 amide bonds. The van der Waals surface area contributed by atoms with Gasteiger partial charge < -0.3 is 18.7 Å². The van der Waals surface area contributed by atoms with Crippen LogP contribution in [-0.4, -0.2) is 26.9 Å². The molecule has 5 nitrogen and oxygen atoms in total. The fourth-order valence-electron chi connectivity index (χ4n) is 3.27. The van der Waals surface area contributed by atoms with Crippen LogP contribution in [0, 0.1) is 0 Å². The van der Waals surface area contributed by atoms with Crippen molar-refractivity contribution in [2.45, 2.75) is 0 Å². The van der Waals surface area contributed by atoms with E-state index < -0.39 is 8.15 Å². The van der Waals surface area contributed by atoms with Crippen LogP contribution in [0.15, 0.2) is 60.7 Å². The van der Waals surface area contributed by atoms with Gasteiger partial charge in [0.1, 0.15) is 5.75 Å².